The predicted octanol–water partition coefficient (Wildman–Crippen LogP) is 2.97. The van der Waals surface area contributed by atoms with Gasteiger partial charge in [0.2, 0.25) is 0 Å². The molecular weight excluding hydrogens is 264 g/mol. The van der Waals surface area contributed by atoms with Gasteiger partial charge < -0.3 is 15.2 Å². The van der Waals surface area contributed by atoms with E-state index in [0.717, 1.165) is 23.6 Å². The van der Waals surface area contributed by atoms with Crippen LogP contribution in [0, 0.1) is 0 Å². The van der Waals surface area contributed by atoms with Crippen molar-refractivity contribution in [3.05, 3.63) is 23.8 Å². The van der Waals surface area contributed by atoms with Crippen molar-refractivity contribution >= 4 is 0 Å². The van der Waals surface area contributed by atoms with Crippen LogP contribution in [0.3, 0.4) is 0 Å². The molecule has 0 amide bonds. The summed E-state index contributed by atoms with van der Waals surface area (Å²) in [4.78, 5) is 2.56. The lowest BCUT2D eigenvalue weighted by Gasteiger charge is -2.32. The van der Waals surface area contributed by atoms with E-state index in [1.807, 2.05) is 12.1 Å². The number of nitrogens with zero attached hydrogens (tertiary/aromatic N) is 1. The zero-order chi connectivity index (χ0) is 15.2. The maximum Gasteiger partial charge on any atom is 0.123 e. The minimum atomic E-state index is 0.203. The monoisotopic (exact) mass is 292 g/mol. The second kappa shape index (κ2) is 7.66. The molecule has 0 aromatic heterocycles. The number of benzene rings is 1. The summed E-state index contributed by atoms with van der Waals surface area (Å²) in [6.07, 6.45) is 4.98. The molecule has 0 saturated heterocycles. The molecule has 2 N–H and O–H groups in total. The Morgan fingerprint density at radius 2 is 2.05 bits per heavy atom. The van der Waals surface area contributed by atoms with E-state index in [2.05, 4.69) is 17.9 Å². The van der Waals surface area contributed by atoms with Crippen molar-refractivity contribution < 1.29 is 9.47 Å². The lowest BCUT2D eigenvalue weighted by atomic mass is 10.0. The van der Waals surface area contributed by atoms with Crippen LogP contribution in [-0.4, -0.2) is 38.3 Å². The van der Waals surface area contributed by atoms with Crippen LogP contribution >= 0.6 is 0 Å². The van der Waals surface area contributed by atoms with Gasteiger partial charge in [-0.05, 0) is 44.0 Å². The lowest BCUT2D eigenvalue weighted by molar-refractivity contribution is 0.184. The minimum Gasteiger partial charge on any atom is -0.497 e. The number of hydrogen-bond acceptors (Lipinski definition) is 4. The van der Waals surface area contributed by atoms with Gasteiger partial charge in [0.25, 0.3) is 0 Å². The van der Waals surface area contributed by atoms with Crippen molar-refractivity contribution in [2.75, 3.05) is 27.3 Å². The van der Waals surface area contributed by atoms with Gasteiger partial charge in [0.1, 0.15) is 11.5 Å². The van der Waals surface area contributed by atoms with Crippen LogP contribution < -0.4 is 15.2 Å². The van der Waals surface area contributed by atoms with Crippen molar-refractivity contribution in [3.63, 3.8) is 0 Å². The Kier molecular flexibility index (Phi) is 5.88. The molecule has 4 nitrogen and oxygen atoms in total. The summed E-state index contributed by atoms with van der Waals surface area (Å²) in [7, 11) is 3.41. The first-order valence-electron chi connectivity index (χ1n) is 7.92. The summed E-state index contributed by atoms with van der Waals surface area (Å²) in [6, 6.07) is 6.86. The Bertz CT molecular complexity index is 446. The molecule has 1 aliphatic carbocycles. The zero-order valence-corrected chi connectivity index (χ0v) is 13.5. The third-order valence-corrected chi connectivity index (χ3v) is 4.21. The average Bonchev–Trinajstić information content (AvgIpc) is 3.35. The summed E-state index contributed by atoms with van der Waals surface area (Å²) >= 11 is 0. The quantitative estimate of drug-likeness (QED) is 0.760. The van der Waals surface area contributed by atoms with E-state index in [1.54, 1.807) is 14.2 Å². The molecule has 0 aliphatic heterocycles. The van der Waals surface area contributed by atoms with Gasteiger partial charge in [-0.2, -0.15) is 0 Å². The molecule has 1 aromatic rings. The first-order valence-corrected chi connectivity index (χ1v) is 7.92. The fourth-order valence-corrected chi connectivity index (χ4v) is 2.88. The van der Waals surface area contributed by atoms with E-state index in [1.165, 1.54) is 25.7 Å². The Labute approximate surface area is 128 Å². The average molecular weight is 292 g/mol. The van der Waals surface area contributed by atoms with Gasteiger partial charge in [0.05, 0.1) is 20.3 Å². The topological polar surface area (TPSA) is 47.7 Å². The standard InChI is InChI=1S/C17H28N2O2/c1-4-5-10-19(13-6-7-13)16(12-18)15-11-14(20-2)8-9-17(15)21-3/h8-9,11,13,16H,4-7,10,12,18H2,1-3H3. The van der Waals surface area contributed by atoms with E-state index in [9.17, 15) is 0 Å². The fraction of sp³-hybridized carbons (Fsp3) is 0.647. The third-order valence-electron chi connectivity index (χ3n) is 4.21. The SMILES string of the molecule is CCCCN(C1CC1)C(CN)c1cc(OC)ccc1OC. The van der Waals surface area contributed by atoms with Crippen molar-refractivity contribution in [2.24, 2.45) is 5.73 Å². The minimum absolute atomic E-state index is 0.203. The molecule has 0 radical (unpaired) electrons. The van der Waals surface area contributed by atoms with Gasteiger partial charge in [0.15, 0.2) is 0 Å². The van der Waals surface area contributed by atoms with Crippen molar-refractivity contribution in [1.29, 1.82) is 0 Å². The Hall–Kier alpha value is -1.26. The molecule has 0 heterocycles. The fourth-order valence-electron chi connectivity index (χ4n) is 2.88. The highest BCUT2D eigenvalue weighted by molar-refractivity contribution is 5.42. The van der Waals surface area contributed by atoms with Crippen molar-refractivity contribution in [3.8, 4) is 11.5 Å². The smallest absolute Gasteiger partial charge is 0.123 e. The van der Waals surface area contributed by atoms with Crippen LogP contribution in [-0.2, 0) is 0 Å². The van der Waals surface area contributed by atoms with Gasteiger partial charge in [-0.1, -0.05) is 13.3 Å². The van der Waals surface area contributed by atoms with E-state index in [0.29, 0.717) is 12.6 Å². The van der Waals surface area contributed by atoms with E-state index in [-0.39, 0.29) is 6.04 Å². The summed E-state index contributed by atoms with van der Waals surface area (Å²) in [6.45, 7) is 3.93. The molecule has 1 atom stereocenters. The van der Waals surface area contributed by atoms with Gasteiger partial charge in [-0.3, -0.25) is 4.90 Å². The van der Waals surface area contributed by atoms with Gasteiger partial charge in [-0.15, -0.1) is 0 Å². The maximum absolute atomic E-state index is 6.12. The van der Waals surface area contributed by atoms with Crippen LogP contribution in [0.2, 0.25) is 0 Å². The van der Waals surface area contributed by atoms with Crippen molar-refractivity contribution in [1.82, 2.24) is 4.90 Å². The molecule has 1 aromatic carbocycles. The lowest BCUT2D eigenvalue weighted by Crippen LogP contribution is -2.36. The molecular formula is C17H28N2O2. The van der Waals surface area contributed by atoms with E-state index in [4.69, 9.17) is 15.2 Å². The van der Waals surface area contributed by atoms with Crippen LogP contribution in [0.25, 0.3) is 0 Å². The van der Waals surface area contributed by atoms with Gasteiger partial charge in [-0.25, -0.2) is 0 Å². The molecule has 1 aliphatic rings. The van der Waals surface area contributed by atoms with Crippen LogP contribution in [0.4, 0.5) is 0 Å². The highest BCUT2D eigenvalue weighted by atomic mass is 16.5. The van der Waals surface area contributed by atoms with Crippen LogP contribution in [0.5, 0.6) is 11.5 Å². The number of ether oxygens (including phenoxy) is 2. The zero-order valence-electron chi connectivity index (χ0n) is 13.5. The molecule has 21 heavy (non-hydrogen) atoms. The predicted molar refractivity (Wildman–Crippen MR) is 86.0 cm³/mol. The number of rotatable bonds is 9. The van der Waals surface area contributed by atoms with Crippen LogP contribution in [0.15, 0.2) is 18.2 Å². The summed E-state index contributed by atoms with van der Waals surface area (Å²) < 4.78 is 10.9. The van der Waals surface area contributed by atoms with E-state index >= 15 is 0 Å². The highest BCUT2D eigenvalue weighted by Gasteiger charge is 2.34. The molecule has 4 heteroatoms. The third kappa shape index (κ3) is 3.89. The second-order valence-corrected chi connectivity index (χ2v) is 5.68. The molecule has 0 spiro atoms. The number of methoxy groups -OCH3 is 2. The molecule has 2 rings (SSSR count). The van der Waals surface area contributed by atoms with E-state index < -0.39 is 0 Å². The summed E-state index contributed by atoms with van der Waals surface area (Å²) in [5, 5.41) is 0. The Morgan fingerprint density at radius 3 is 2.57 bits per heavy atom. The molecule has 1 fully saturated rings. The van der Waals surface area contributed by atoms with Crippen molar-refractivity contribution in [2.45, 2.75) is 44.7 Å². The first kappa shape index (κ1) is 16.1. The Morgan fingerprint density at radius 1 is 1.29 bits per heavy atom. The van der Waals surface area contributed by atoms with Gasteiger partial charge >= 0.3 is 0 Å². The maximum atomic E-state index is 6.12. The normalized spacial score (nSPS) is 16.0. The Balaban J connectivity index is 2.29. The molecule has 1 unspecified atom stereocenters. The number of nitrogens with two attached hydrogens (primary N) is 1. The molecule has 1 saturated carbocycles. The molecule has 0 bridgehead atoms. The largest absolute Gasteiger partial charge is 0.497 e. The summed E-state index contributed by atoms with van der Waals surface area (Å²) in [5.41, 5.74) is 7.26. The summed E-state index contributed by atoms with van der Waals surface area (Å²) in [5.74, 6) is 1.75. The number of hydrogen-bond donors (Lipinski definition) is 1. The number of unbranched alkanes of at least 4 members (excludes halogenated alkanes) is 1. The first-order chi connectivity index (χ1) is 10.2. The van der Waals surface area contributed by atoms with Gasteiger partial charge in [0, 0.05) is 18.2 Å². The van der Waals surface area contributed by atoms with Crippen LogP contribution in [0.1, 0.15) is 44.2 Å². The molecule has 118 valence electrons. The highest BCUT2D eigenvalue weighted by Crippen LogP contribution is 2.38. The second-order valence-electron chi connectivity index (χ2n) is 5.68.